The number of halogens is 1. The number of hydrogen-bond acceptors (Lipinski definition) is 6. The van der Waals surface area contributed by atoms with Crippen molar-refractivity contribution >= 4 is 56.5 Å². The average Bonchev–Trinajstić information content (AvgIpc) is 3.08. The second kappa shape index (κ2) is 9.03. The number of carbonyl (C=O) groups is 1. The third kappa shape index (κ3) is 4.36. The minimum absolute atomic E-state index is 0.0820. The summed E-state index contributed by atoms with van der Waals surface area (Å²) in [6, 6.07) is 7.15. The molecule has 1 aliphatic rings. The molecule has 6 nitrogen and oxygen atoms in total. The predicted molar refractivity (Wildman–Crippen MR) is 126 cm³/mol. The normalized spacial score (nSPS) is 13.3. The van der Waals surface area contributed by atoms with Crippen molar-refractivity contribution in [1.82, 2.24) is 9.55 Å². The molecule has 4 rings (SSSR count). The van der Waals surface area contributed by atoms with Crippen LogP contribution in [0.15, 0.2) is 28.2 Å². The van der Waals surface area contributed by atoms with Gasteiger partial charge >= 0.3 is 0 Å². The fraction of sp³-hybridized carbons (Fsp3) is 0.364. The molecule has 31 heavy (non-hydrogen) atoms. The van der Waals surface area contributed by atoms with Crippen LogP contribution in [0.25, 0.3) is 10.9 Å². The number of carbonyl (C=O) groups excluding carboxylic acids is 1. The number of rotatable bonds is 5. The Morgan fingerprint density at radius 3 is 2.90 bits per heavy atom. The highest BCUT2D eigenvalue weighted by atomic mass is 35.5. The van der Waals surface area contributed by atoms with Crippen molar-refractivity contribution in [2.45, 2.75) is 50.7 Å². The van der Waals surface area contributed by atoms with E-state index >= 15 is 0 Å². The first-order valence-corrected chi connectivity index (χ1v) is 12.3. The van der Waals surface area contributed by atoms with E-state index in [1.165, 1.54) is 28.0 Å². The Bertz CT molecular complexity index is 1270. The highest BCUT2D eigenvalue weighted by Gasteiger charge is 2.22. The van der Waals surface area contributed by atoms with Crippen LogP contribution < -0.4 is 10.9 Å². The Labute approximate surface area is 193 Å². The third-order valence-corrected chi connectivity index (χ3v) is 7.61. The van der Waals surface area contributed by atoms with E-state index in [0.29, 0.717) is 31.6 Å². The maximum atomic E-state index is 13.0. The van der Waals surface area contributed by atoms with Gasteiger partial charge in [0.1, 0.15) is 11.1 Å². The van der Waals surface area contributed by atoms with Crippen molar-refractivity contribution in [3.8, 4) is 6.07 Å². The zero-order valence-corrected chi connectivity index (χ0v) is 19.6. The fourth-order valence-corrected chi connectivity index (χ4v) is 6.12. The van der Waals surface area contributed by atoms with Gasteiger partial charge in [-0.2, -0.15) is 5.26 Å². The van der Waals surface area contributed by atoms with Gasteiger partial charge in [-0.25, -0.2) is 4.98 Å². The quantitative estimate of drug-likeness (QED) is 0.408. The molecule has 0 unspecified atom stereocenters. The number of fused-ring (bicyclic) bond motifs is 2. The molecule has 0 fully saturated rings. The monoisotopic (exact) mass is 472 g/mol. The number of nitrogens with one attached hydrogen (secondary N) is 1. The van der Waals surface area contributed by atoms with E-state index in [9.17, 15) is 14.9 Å². The number of nitriles is 1. The van der Waals surface area contributed by atoms with Crippen LogP contribution in [0.2, 0.25) is 5.02 Å². The second-order valence-electron chi connectivity index (χ2n) is 7.69. The highest BCUT2D eigenvalue weighted by Crippen LogP contribution is 2.37. The van der Waals surface area contributed by atoms with Crippen LogP contribution in [0.4, 0.5) is 5.00 Å². The van der Waals surface area contributed by atoms with E-state index in [2.05, 4.69) is 16.4 Å². The first-order valence-electron chi connectivity index (χ1n) is 10.1. The molecule has 0 saturated carbocycles. The Balaban J connectivity index is 1.57. The topological polar surface area (TPSA) is 87.8 Å². The number of aromatic nitrogens is 2. The molecular formula is C22H21ClN4O2S2. The number of amides is 1. The number of benzene rings is 1. The smallest absolute Gasteiger partial charge is 0.262 e. The molecule has 1 aromatic carbocycles. The van der Waals surface area contributed by atoms with Gasteiger partial charge in [-0.05, 0) is 63.3 Å². The van der Waals surface area contributed by atoms with Crippen molar-refractivity contribution in [3.63, 3.8) is 0 Å². The summed E-state index contributed by atoms with van der Waals surface area (Å²) in [5.41, 5.74) is 2.03. The van der Waals surface area contributed by atoms with Crippen LogP contribution in [0.3, 0.4) is 0 Å². The molecule has 0 saturated heterocycles. The van der Waals surface area contributed by atoms with Crippen LogP contribution in [0.1, 0.15) is 48.7 Å². The number of aryl methyl sites for hydroxylation is 1. The Morgan fingerprint density at radius 1 is 1.39 bits per heavy atom. The van der Waals surface area contributed by atoms with E-state index in [0.717, 1.165) is 31.2 Å². The van der Waals surface area contributed by atoms with Gasteiger partial charge in [0.15, 0.2) is 5.16 Å². The average molecular weight is 473 g/mol. The molecule has 1 amide bonds. The van der Waals surface area contributed by atoms with Gasteiger partial charge in [0.2, 0.25) is 5.91 Å². The maximum absolute atomic E-state index is 13.0. The first kappa shape index (κ1) is 21.9. The molecule has 0 spiro atoms. The zero-order valence-electron chi connectivity index (χ0n) is 17.2. The van der Waals surface area contributed by atoms with Gasteiger partial charge < -0.3 is 5.32 Å². The molecule has 160 valence electrons. The van der Waals surface area contributed by atoms with E-state index in [1.54, 1.807) is 22.8 Å². The summed E-state index contributed by atoms with van der Waals surface area (Å²) in [6.07, 6.45) is 4.05. The molecule has 0 radical (unpaired) electrons. The van der Waals surface area contributed by atoms with Crippen molar-refractivity contribution in [2.24, 2.45) is 0 Å². The van der Waals surface area contributed by atoms with Gasteiger partial charge in [0.25, 0.3) is 5.56 Å². The van der Waals surface area contributed by atoms with Crippen molar-refractivity contribution in [2.75, 3.05) is 11.1 Å². The Hall–Kier alpha value is -2.34. The summed E-state index contributed by atoms with van der Waals surface area (Å²) in [5, 5.41) is 14.6. The molecule has 0 aliphatic heterocycles. The lowest BCUT2D eigenvalue weighted by Crippen LogP contribution is -2.25. The number of thiophene rings is 1. The Morgan fingerprint density at radius 2 is 2.16 bits per heavy atom. The van der Waals surface area contributed by atoms with Gasteiger partial charge in [0, 0.05) is 15.9 Å². The minimum atomic E-state index is -0.226. The van der Waals surface area contributed by atoms with Crippen molar-refractivity contribution in [1.29, 1.82) is 5.26 Å². The summed E-state index contributed by atoms with van der Waals surface area (Å²) in [6.45, 7) is 3.81. The molecule has 3 aromatic rings. The number of hydrogen-bond donors (Lipinski definition) is 1. The van der Waals surface area contributed by atoms with Crippen LogP contribution >= 0.6 is 34.7 Å². The predicted octanol–water partition coefficient (Wildman–Crippen LogP) is 5.17. The van der Waals surface area contributed by atoms with Crippen LogP contribution in [-0.2, 0) is 17.6 Å². The standard InChI is InChI=1S/C22H21ClN4O2S2/c1-12(2)27-21(29)15-8-7-13(23)9-17(15)25-22(27)30-11-19(28)26-20-16(10-24)14-5-3-4-6-18(14)31-20/h7-9,12H,3-6,11H2,1-2H3,(H,26,28). The van der Waals surface area contributed by atoms with E-state index in [4.69, 9.17) is 11.6 Å². The number of anilines is 1. The number of nitrogens with zero attached hydrogens (tertiary/aromatic N) is 3. The summed E-state index contributed by atoms with van der Waals surface area (Å²) < 4.78 is 1.60. The van der Waals surface area contributed by atoms with E-state index in [-0.39, 0.29) is 23.3 Å². The van der Waals surface area contributed by atoms with Gasteiger partial charge in [0.05, 0.1) is 22.2 Å². The van der Waals surface area contributed by atoms with Gasteiger partial charge in [-0.1, -0.05) is 23.4 Å². The van der Waals surface area contributed by atoms with Crippen LogP contribution in [-0.4, -0.2) is 21.2 Å². The lowest BCUT2D eigenvalue weighted by Gasteiger charge is -2.16. The van der Waals surface area contributed by atoms with Gasteiger partial charge in [-0.3, -0.25) is 14.2 Å². The van der Waals surface area contributed by atoms with Crippen LogP contribution in [0.5, 0.6) is 0 Å². The van der Waals surface area contributed by atoms with Crippen LogP contribution in [0, 0.1) is 11.3 Å². The first-order chi connectivity index (χ1) is 14.9. The molecule has 0 bridgehead atoms. The Kier molecular flexibility index (Phi) is 6.37. The number of thioether (sulfide) groups is 1. The SMILES string of the molecule is CC(C)n1c(SCC(=O)Nc2sc3c(c2C#N)CCCC3)nc2cc(Cl)ccc2c1=O. The summed E-state index contributed by atoms with van der Waals surface area (Å²) in [5.74, 6) is -0.144. The molecular weight excluding hydrogens is 452 g/mol. The molecule has 0 atom stereocenters. The summed E-state index contributed by atoms with van der Waals surface area (Å²) in [7, 11) is 0. The van der Waals surface area contributed by atoms with Crippen molar-refractivity contribution < 1.29 is 4.79 Å². The lowest BCUT2D eigenvalue weighted by atomic mass is 9.96. The summed E-state index contributed by atoms with van der Waals surface area (Å²) in [4.78, 5) is 31.4. The molecule has 2 aromatic heterocycles. The molecule has 1 aliphatic carbocycles. The maximum Gasteiger partial charge on any atom is 0.262 e. The van der Waals surface area contributed by atoms with Gasteiger partial charge in [-0.15, -0.1) is 11.3 Å². The zero-order chi connectivity index (χ0) is 22.1. The third-order valence-electron chi connectivity index (χ3n) is 5.22. The summed E-state index contributed by atoms with van der Waals surface area (Å²) >= 11 is 8.78. The largest absolute Gasteiger partial charge is 0.316 e. The van der Waals surface area contributed by atoms with E-state index in [1.807, 2.05) is 13.8 Å². The minimum Gasteiger partial charge on any atom is -0.316 e. The molecule has 9 heteroatoms. The van der Waals surface area contributed by atoms with E-state index < -0.39 is 0 Å². The molecule has 1 N–H and O–H groups in total. The fourth-order valence-electron chi connectivity index (χ4n) is 3.77. The second-order valence-corrected chi connectivity index (χ2v) is 10.2. The molecule has 2 heterocycles. The van der Waals surface area contributed by atoms with Crippen molar-refractivity contribution in [3.05, 3.63) is 49.6 Å². The lowest BCUT2D eigenvalue weighted by molar-refractivity contribution is -0.113. The highest BCUT2D eigenvalue weighted by molar-refractivity contribution is 7.99.